The average molecular weight is 239 g/mol. The van der Waals surface area contributed by atoms with E-state index in [2.05, 4.69) is 0 Å². The Balaban J connectivity index is 1.51. The van der Waals surface area contributed by atoms with Gasteiger partial charge in [-0.05, 0) is 25.7 Å². The van der Waals surface area contributed by atoms with Gasteiger partial charge in [-0.15, -0.1) is 0 Å². The van der Waals surface area contributed by atoms with Crippen molar-refractivity contribution in [1.29, 1.82) is 0 Å². The molecule has 4 fully saturated rings. The van der Waals surface area contributed by atoms with Crippen LogP contribution in [-0.2, 0) is 18.6 Å². The van der Waals surface area contributed by atoms with Crippen molar-refractivity contribution in [3.63, 3.8) is 0 Å². The van der Waals surface area contributed by atoms with Crippen molar-refractivity contribution >= 4 is 6.96 Å². The van der Waals surface area contributed by atoms with Crippen molar-refractivity contribution in [1.82, 2.24) is 0 Å². The van der Waals surface area contributed by atoms with Crippen LogP contribution < -0.4 is 0 Å². The standard InChI is InChI=1S/C12H20BO4/c1-2-6-10-9(5-1)14-13(15-10)16-11-7-3-4-8-12(11)17-13/h9-12H,1-8H2/q-1. The molecule has 0 radical (unpaired) electrons. The highest BCUT2D eigenvalue weighted by atomic mass is 16.9. The summed E-state index contributed by atoms with van der Waals surface area (Å²) < 4.78 is 24.0. The molecule has 1 spiro atoms. The lowest BCUT2D eigenvalue weighted by atomic mass is 9.95. The smallest absolute Gasteiger partial charge is 0.514 e. The molecular formula is C12H20BO4-. The molecule has 0 aromatic carbocycles. The summed E-state index contributed by atoms with van der Waals surface area (Å²) in [6.45, 7) is -1.85. The maximum atomic E-state index is 6.00. The van der Waals surface area contributed by atoms with Gasteiger partial charge in [0, 0.05) is 24.4 Å². The summed E-state index contributed by atoms with van der Waals surface area (Å²) in [4.78, 5) is 0. The van der Waals surface area contributed by atoms with Crippen molar-refractivity contribution < 1.29 is 18.6 Å². The molecule has 4 aliphatic rings. The van der Waals surface area contributed by atoms with Crippen LogP contribution in [0.25, 0.3) is 0 Å². The van der Waals surface area contributed by atoms with E-state index >= 15 is 0 Å². The van der Waals surface area contributed by atoms with E-state index in [0.29, 0.717) is 0 Å². The fraction of sp³-hybridized carbons (Fsp3) is 1.00. The zero-order valence-corrected chi connectivity index (χ0v) is 10.2. The average Bonchev–Trinajstić information content (AvgIpc) is 2.87. The third-order valence-electron chi connectivity index (χ3n) is 4.65. The van der Waals surface area contributed by atoms with Gasteiger partial charge >= 0.3 is 6.96 Å². The van der Waals surface area contributed by atoms with Crippen molar-refractivity contribution in [3.05, 3.63) is 0 Å². The number of rotatable bonds is 0. The summed E-state index contributed by atoms with van der Waals surface area (Å²) in [6, 6.07) is 0. The Kier molecular flexibility index (Phi) is 2.51. The summed E-state index contributed by atoms with van der Waals surface area (Å²) in [5.41, 5.74) is 0. The highest BCUT2D eigenvalue weighted by Gasteiger charge is 2.54. The summed E-state index contributed by atoms with van der Waals surface area (Å²) in [7, 11) is 0. The molecule has 17 heavy (non-hydrogen) atoms. The predicted molar refractivity (Wildman–Crippen MR) is 62.2 cm³/mol. The van der Waals surface area contributed by atoms with Crippen LogP contribution in [0, 0.1) is 0 Å². The zero-order valence-electron chi connectivity index (χ0n) is 10.2. The molecule has 4 rings (SSSR count). The van der Waals surface area contributed by atoms with Gasteiger partial charge in [0.25, 0.3) is 0 Å². The lowest BCUT2D eigenvalue weighted by Crippen LogP contribution is -2.40. The van der Waals surface area contributed by atoms with Crippen LogP contribution in [0.1, 0.15) is 51.4 Å². The van der Waals surface area contributed by atoms with Crippen molar-refractivity contribution in [2.45, 2.75) is 75.8 Å². The van der Waals surface area contributed by atoms with Gasteiger partial charge in [0.15, 0.2) is 0 Å². The highest BCUT2D eigenvalue weighted by molar-refractivity contribution is 6.55. The lowest BCUT2D eigenvalue weighted by molar-refractivity contribution is 0.0704. The van der Waals surface area contributed by atoms with E-state index in [1.165, 1.54) is 25.7 Å². The van der Waals surface area contributed by atoms with Crippen molar-refractivity contribution in [2.75, 3.05) is 0 Å². The van der Waals surface area contributed by atoms with Crippen LogP contribution in [0.3, 0.4) is 0 Å². The van der Waals surface area contributed by atoms with Gasteiger partial charge in [-0.3, -0.25) is 0 Å². The normalized spacial score (nSPS) is 53.6. The second-order valence-electron chi connectivity index (χ2n) is 5.84. The minimum Gasteiger partial charge on any atom is -0.514 e. The minimum atomic E-state index is -1.85. The molecule has 0 bridgehead atoms. The van der Waals surface area contributed by atoms with Gasteiger partial charge in [0.1, 0.15) is 0 Å². The Morgan fingerprint density at radius 1 is 0.529 bits per heavy atom. The molecule has 5 heteroatoms. The van der Waals surface area contributed by atoms with Crippen molar-refractivity contribution in [3.8, 4) is 0 Å². The third-order valence-corrected chi connectivity index (χ3v) is 4.65. The first-order chi connectivity index (χ1) is 8.35. The van der Waals surface area contributed by atoms with Gasteiger partial charge < -0.3 is 18.6 Å². The van der Waals surface area contributed by atoms with Crippen LogP contribution in [0.2, 0.25) is 0 Å². The molecule has 2 saturated heterocycles. The van der Waals surface area contributed by atoms with Gasteiger partial charge in [-0.1, -0.05) is 25.7 Å². The molecule has 2 aliphatic carbocycles. The summed E-state index contributed by atoms with van der Waals surface area (Å²) in [6.07, 6.45) is 10.2. The Bertz CT molecular complexity index is 249. The van der Waals surface area contributed by atoms with Gasteiger partial charge in [-0.2, -0.15) is 0 Å². The summed E-state index contributed by atoms with van der Waals surface area (Å²) in [5.74, 6) is 0. The SMILES string of the molecule is C1CCC2O[B-]3(OC2C1)OC1CCCCC1O3. The number of hydrogen-bond acceptors (Lipinski definition) is 4. The Morgan fingerprint density at radius 2 is 0.824 bits per heavy atom. The topological polar surface area (TPSA) is 36.9 Å². The maximum Gasteiger partial charge on any atom is 0.532 e. The second-order valence-corrected chi connectivity index (χ2v) is 5.84. The molecule has 2 aliphatic heterocycles. The Morgan fingerprint density at radius 3 is 1.12 bits per heavy atom. The first-order valence-corrected chi connectivity index (χ1v) is 7.19. The minimum absolute atomic E-state index is 0.212. The molecule has 4 atom stereocenters. The Labute approximate surface area is 102 Å². The Hall–Kier alpha value is -0.0951. The van der Waals surface area contributed by atoms with E-state index in [9.17, 15) is 0 Å². The van der Waals surface area contributed by atoms with E-state index in [1.807, 2.05) is 0 Å². The fourth-order valence-corrected chi connectivity index (χ4v) is 3.80. The lowest BCUT2D eigenvalue weighted by Gasteiger charge is -2.29. The van der Waals surface area contributed by atoms with Crippen LogP contribution >= 0.6 is 0 Å². The molecule has 2 heterocycles. The molecule has 96 valence electrons. The van der Waals surface area contributed by atoms with Gasteiger partial charge in [0.05, 0.1) is 0 Å². The van der Waals surface area contributed by atoms with E-state index in [4.69, 9.17) is 18.6 Å². The van der Waals surface area contributed by atoms with Gasteiger partial charge in [0.2, 0.25) is 0 Å². The first-order valence-electron chi connectivity index (χ1n) is 7.19. The second kappa shape index (κ2) is 3.95. The van der Waals surface area contributed by atoms with E-state index in [1.54, 1.807) is 0 Å². The first kappa shape index (κ1) is 10.8. The van der Waals surface area contributed by atoms with E-state index < -0.39 is 6.96 Å². The molecular weight excluding hydrogens is 219 g/mol. The molecule has 0 amide bonds. The van der Waals surface area contributed by atoms with Crippen LogP contribution in [-0.4, -0.2) is 31.4 Å². The molecule has 4 nitrogen and oxygen atoms in total. The van der Waals surface area contributed by atoms with Gasteiger partial charge in [-0.25, -0.2) is 0 Å². The zero-order chi connectivity index (χ0) is 11.3. The molecule has 0 aromatic heterocycles. The summed E-state index contributed by atoms with van der Waals surface area (Å²) in [5, 5.41) is 0. The fourth-order valence-electron chi connectivity index (χ4n) is 3.80. The van der Waals surface area contributed by atoms with Crippen LogP contribution in [0.4, 0.5) is 0 Å². The number of fused-ring (bicyclic) bond motifs is 2. The molecule has 2 saturated carbocycles. The van der Waals surface area contributed by atoms with Crippen LogP contribution in [0.15, 0.2) is 0 Å². The molecule has 0 N–H and O–H groups in total. The predicted octanol–water partition coefficient (Wildman–Crippen LogP) is 2.14. The molecule has 0 aromatic rings. The third kappa shape index (κ3) is 1.75. The van der Waals surface area contributed by atoms with Crippen molar-refractivity contribution in [2.24, 2.45) is 0 Å². The quantitative estimate of drug-likeness (QED) is 0.607. The van der Waals surface area contributed by atoms with Crippen LogP contribution in [0.5, 0.6) is 0 Å². The number of hydrogen-bond donors (Lipinski definition) is 0. The monoisotopic (exact) mass is 239 g/mol. The van der Waals surface area contributed by atoms with E-state index in [0.717, 1.165) is 25.7 Å². The largest absolute Gasteiger partial charge is 0.532 e. The summed E-state index contributed by atoms with van der Waals surface area (Å²) >= 11 is 0. The maximum absolute atomic E-state index is 6.00. The molecule has 4 unspecified atom stereocenters. The highest BCUT2D eigenvalue weighted by Crippen LogP contribution is 2.43. The van der Waals surface area contributed by atoms with E-state index in [-0.39, 0.29) is 24.4 Å².